The summed E-state index contributed by atoms with van der Waals surface area (Å²) in [6.45, 7) is 4.00. The van der Waals surface area contributed by atoms with Crippen LogP contribution in [0.3, 0.4) is 0 Å². The number of carbonyl (C=O) groups is 2. The summed E-state index contributed by atoms with van der Waals surface area (Å²) in [6, 6.07) is 9.77. The van der Waals surface area contributed by atoms with Crippen molar-refractivity contribution in [2.45, 2.75) is 44.2 Å². The third kappa shape index (κ3) is 5.72. The number of esters is 1. The molecule has 0 radical (unpaired) electrons. The predicted octanol–water partition coefficient (Wildman–Crippen LogP) is 1.63. The van der Waals surface area contributed by atoms with Gasteiger partial charge in [-0.15, -0.1) is 5.10 Å². The van der Waals surface area contributed by atoms with E-state index in [0.717, 1.165) is 44.7 Å². The Bertz CT molecular complexity index is 889. The lowest BCUT2D eigenvalue weighted by molar-refractivity contribution is -0.125. The van der Waals surface area contributed by atoms with Crippen LogP contribution in [0.2, 0.25) is 0 Å². The lowest BCUT2D eigenvalue weighted by Gasteiger charge is -2.48. The minimum Gasteiger partial charge on any atom is -0.451 e. The molecule has 1 aromatic heterocycles. The number of benzene rings is 1. The van der Waals surface area contributed by atoms with Gasteiger partial charge in [0.25, 0.3) is 5.91 Å². The van der Waals surface area contributed by atoms with Crippen molar-refractivity contribution in [1.82, 2.24) is 25.2 Å². The molecule has 4 rings (SSSR count). The quantitative estimate of drug-likeness (QED) is 0.622. The zero-order chi connectivity index (χ0) is 22.2. The minimum absolute atomic E-state index is 0.0260. The molecular weight excluding hydrogens is 410 g/mol. The van der Waals surface area contributed by atoms with E-state index in [1.807, 2.05) is 30.3 Å². The van der Waals surface area contributed by atoms with Crippen molar-refractivity contribution in [1.29, 1.82) is 0 Å². The van der Waals surface area contributed by atoms with Crippen molar-refractivity contribution >= 4 is 11.9 Å². The Morgan fingerprint density at radius 1 is 1.09 bits per heavy atom. The number of aromatic nitrogens is 3. The first kappa shape index (κ1) is 22.4. The van der Waals surface area contributed by atoms with E-state index in [2.05, 4.69) is 20.5 Å². The number of hydrogen-bond acceptors (Lipinski definition) is 7. The molecule has 32 heavy (non-hydrogen) atoms. The molecule has 1 aromatic carbocycles. The van der Waals surface area contributed by atoms with E-state index in [9.17, 15) is 9.59 Å². The Kier molecular flexibility index (Phi) is 7.49. The van der Waals surface area contributed by atoms with Gasteiger partial charge < -0.3 is 14.8 Å². The van der Waals surface area contributed by atoms with Crippen LogP contribution in [-0.4, -0.2) is 76.8 Å². The largest absolute Gasteiger partial charge is 0.451 e. The van der Waals surface area contributed by atoms with E-state index < -0.39 is 5.97 Å². The Morgan fingerprint density at radius 3 is 2.59 bits per heavy atom. The first-order valence-electron chi connectivity index (χ1n) is 11.4. The Labute approximate surface area is 188 Å². The molecule has 172 valence electrons. The lowest BCUT2D eigenvalue weighted by atomic mass is 9.79. The summed E-state index contributed by atoms with van der Waals surface area (Å²) in [4.78, 5) is 27.2. The van der Waals surface area contributed by atoms with E-state index in [4.69, 9.17) is 9.47 Å². The van der Waals surface area contributed by atoms with Gasteiger partial charge in [0.1, 0.15) is 0 Å². The Morgan fingerprint density at radius 2 is 1.84 bits per heavy atom. The van der Waals surface area contributed by atoms with E-state index in [-0.39, 0.29) is 23.7 Å². The van der Waals surface area contributed by atoms with Crippen LogP contribution in [0.25, 0.3) is 0 Å². The molecule has 1 saturated carbocycles. The van der Waals surface area contributed by atoms with Crippen LogP contribution in [0.15, 0.2) is 36.5 Å². The summed E-state index contributed by atoms with van der Waals surface area (Å²) in [6.07, 6.45) is 7.24. The summed E-state index contributed by atoms with van der Waals surface area (Å²) < 4.78 is 12.2. The van der Waals surface area contributed by atoms with Crippen LogP contribution in [0.5, 0.6) is 0 Å². The molecule has 1 amide bonds. The second kappa shape index (κ2) is 10.7. The van der Waals surface area contributed by atoms with Crippen LogP contribution in [-0.2, 0) is 20.8 Å². The van der Waals surface area contributed by atoms with Crippen molar-refractivity contribution in [3.8, 4) is 0 Å². The van der Waals surface area contributed by atoms with Crippen molar-refractivity contribution in [2.24, 2.45) is 0 Å². The molecule has 0 spiro atoms. The number of nitrogens with zero attached hydrogens (tertiary/aromatic N) is 4. The maximum atomic E-state index is 12.4. The fraction of sp³-hybridized carbons (Fsp3) is 0.565. The average molecular weight is 442 g/mol. The Balaban J connectivity index is 1.25. The number of amides is 1. The van der Waals surface area contributed by atoms with E-state index >= 15 is 0 Å². The average Bonchev–Trinajstić information content (AvgIpc) is 3.31. The second-order valence-electron chi connectivity index (χ2n) is 8.52. The van der Waals surface area contributed by atoms with Gasteiger partial charge in [-0.3, -0.25) is 9.69 Å². The third-order valence-corrected chi connectivity index (χ3v) is 6.35. The standard InChI is InChI=1S/C23H31N5O4/c29-21(24-18-23(9-5-2-6-10-23)27-11-13-31-14-12-27)17-32-22(30)20-16-28(26-25-20)15-19-7-3-1-4-8-19/h1,3-4,7-8,16H,2,5-6,9-15,17-18H2,(H,24,29). The molecule has 2 aromatic rings. The number of nitrogens with one attached hydrogen (secondary N) is 1. The highest BCUT2D eigenvalue weighted by molar-refractivity contribution is 5.89. The van der Waals surface area contributed by atoms with Gasteiger partial charge >= 0.3 is 5.97 Å². The van der Waals surface area contributed by atoms with E-state index in [0.29, 0.717) is 13.1 Å². The lowest BCUT2D eigenvalue weighted by Crippen LogP contribution is -2.59. The SMILES string of the molecule is O=C(COC(=O)c1cn(Cc2ccccc2)nn1)NCC1(N2CCOCC2)CCCCC1. The zero-order valence-corrected chi connectivity index (χ0v) is 18.4. The van der Waals surface area contributed by atoms with Gasteiger partial charge in [-0.1, -0.05) is 54.8 Å². The van der Waals surface area contributed by atoms with Gasteiger partial charge in [0, 0.05) is 25.2 Å². The number of hydrogen-bond donors (Lipinski definition) is 1. The molecule has 2 aliphatic rings. The molecule has 0 unspecified atom stereocenters. The smallest absolute Gasteiger partial charge is 0.361 e. The fourth-order valence-electron chi connectivity index (χ4n) is 4.61. The molecule has 0 bridgehead atoms. The molecule has 9 heteroatoms. The van der Waals surface area contributed by atoms with Gasteiger partial charge in [-0.05, 0) is 18.4 Å². The maximum absolute atomic E-state index is 12.4. The Hall–Kier alpha value is -2.78. The van der Waals surface area contributed by atoms with Crippen LogP contribution in [0.4, 0.5) is 0 Å². The molecule has 1 N–H and O–H groups in total. The predicted molar refractivity (Wildman–Crippen MR) is 117 cm³/mol. The van der Waals surface area contributed by atoms with E-state index in [1.54, 1.807) is 4.68 Å². The minimum atomic E-state index is -0.653. The highest BCUT2D eigenvalue weighted by atomic mass is 16.5. The van der Waals surface area contributed by atoms with Gasteiger partial charge in [-0.25, -0.2) is 9.48 Å². The van der Waals surface area contributed by atoms with Crippen LogP contribution in [0.1, 0.15) is 48.2 Å². The van der Waals surface area contributed by atoms with Crippen molar-refractivity contribution < 1.29 is 19.1 Å². The number of morpholine rings is 1. The second-order valence-corrected chi connectivity index (χ2v) is 8.52. The van der Waals surface area contributed by atoms with Gasteiger partial charge in [-0.2, -0.15) is 0 Å². The molecule has 2 fully saturated rings. The number of ether oxygens (including phenoxy) is 2. The van der Waals surface area contributed by atoms with Crippen LogP contribution >= 0.6 is 0 Å². The monoisotopic (exact) mass is 441 g/mol. The first-order valence-corrected chi connectivity index (χ1v) is 11.4. The summed E-state index contributed by atoms with van der Waals surface area (Å²) >= 11 is 0. The number of carbonyl (C=O) groups excluding carboxylic acids is 2. The van der Waals surface area contributed by atoms with Crippen LogP contribution in [0, 0.1) is 0 Å². The van der Waals surface area contributed by atoms with Crippen LogP contribution < -0.4 is 5.32 Å². The summed E-state index contributed by atoms with van der Waals surface area (Å²) in [5, 5.41) is 10.8. The zero-order valence-electron chi connectivity index (χ0n) is 18.4. The molecular formula is C23H31N5O4. The molecule has 9 nitrogen and oxygen atoms in total. The number of rotatable bonds is 8. The summed E-state index contributed by atoms with van der Waals surface area (Å²) in [5.41, 5.74) is 1.11. The molecule has 2 heterocycles. The fourth-order valence-corrected chi connectivity index (χ4v) is 4.61. The summed E-state index contributed by atoms with van der Waals surface area (Å²) in [7, 11) is 0. The molecule has 1 aliphatic carbocycles. The van der Waals surface area contributed by atoms with Gasteiger partial charge in [0.05, 0.1) is 26.0 Å². The van der Waals surface area contributed by atoms with E-state index in [1.165, 1.54) is 25.5 Å². The first-order chi connectivity index (χ1) is 15.6. The maximum Gasteiger partial charge on any atom is 0.361 e. The topological polar surface area (TPSA) is 98.6 Å². The van der Waals surface area contributed by atoms with Gasteiger partial charge in [0.2, 0.25) is 0 Å². The molecule has 0 atom stereocenters. The molecule has 1 aliphatic heterocycles. The normalized spacial score (nSPS) is 18.8. The van der Waals surface area contributed by atoms with Crippen molar-refractivity contribution in [2.75, 3.05) is 39.5 Å². The highest BCUT2D eigenvalue weighted by Crippen LogP contribution is 2.33. The summed E-state index contributed by atoms with van der Waals surface area (Å²) in [5.74, 6) is -0.951. The molecule has 1 saturated heterocycles. The third-order valence-electron chi connectivity index (χ3n) is 6.35. The van der Waals surface area contributed by atoms with Crippen molar-refractivity contribution in [3.63, 3.8) is 0 Å². The highest BCUT2D eigenvalue weighted by Gasteiger charge is 2.38. The van der Waals surface area contributed by atoms with Gasteiger partial charge in [0.15, 0.2) is 12.3 Å². The van der Waals surface area contributed by atoms with Crippen molar-refractivity contribution in [3.05, 3.63) is 47.8 Å².